The number of nitrogens with one attached hydrogen (secondary N) is 1. The zero-order valence-electron chi connectivity index (χ0n) is 17.1. The number of nitrogens with zero attached hydrogens (tertiary/aromatic N) is 1. The van der Waals surface area contributed by atoms with Gasteiger partial charge in [-0.2, -0.15) is 0 Å². The molecule has 0 saturated carbocycles. The summed E-state index contributed by atoms with van der Waals surface area (Å²) in [6, 6.07) is 9.55. The molecule has 1 aromatic carbocycles. The molecule has 29 heavy (non-hydrogen) atoms. The van der Waals surface area contributed by atoms with Crippen LogP contribution in [0.15, 0.2) is 41.0 Å². The summed E-state index contributed by atoms with van der Waals surface area (Å²) in [6.07, 6.45) is 1.41. The molecule has 1 aromatic heterocycles. The van der Waals surface area contributed by atoms with Gasteiger partial charge >= 0.3 is 12.1 Å². The molecule has 0 bridgehead atoms. The van der Waals surface area contributed by atoms with E-state index >= 15 is 0 Å². The molecule has 7 nitrogen and oxygen atoms in total. The van der Waals surface area contributed by atoms with E-state index in [0.717, 1.165) is 24.3 Å². The van der Waals surface area contributed by atoms with Gasteiger partial charge in [0.05, 0.1) is 25.3 Å². The molecule has 2 aromatic rings. The van der Waals surface area contributed by atoms with Crippen molar-refractivity contribution >= 4 is 17.7 Å². The Morgan fingerprint density at radius 3 is 2.72 bits per heavy atom. The number of anilines is 1. The summed E-state index contributed by atoms with van der Waals surface area (Å²) in [5.41, 5.74) is 2.05. The number of esters is 1. The van der Waals surface area contributed by atoms with Crippen molar-refractivity contribution in [3.05, 3.63) is 47.9 Å². The van der Waals surface area contributed by atoms with Gasteiger partial charge < -0.3 is 24.1 Å². The lowest BCUT2D eigenvalue weighted by atomic mass is 9.83. The van der Waals surface area contributed by atoms with Crippen molar-refractivity contribution < 1.29 is 23.5 Å². The monoisotopic (exact) mass is 400 g/mol. The summed E-state index contributed by atoms with van der Waals surface area (Å²) in [7, 11) is 0. The summed E-state index contributed by atoms with van der Waals surface area (Å²) in [6.45, 7) is 8.38. The number of fused-ring (bicyclic) bond motifs is 1. The number of ether oxygens (including phenoxy) is 2. The lowest BCUT2D eigenvalue weighted by Crippen LogP contribution is -2.32. The zero-order chi connectivity index (χ0) is 20.8. The summed E-state index contributed by atoms with van der Waals surface area (Å²) >= 11 is 0. The molecule has 1 aliphatic heterocycles. The molecule has 3 rings (SSSR count). The van der Waals surface area contributed by atoms with Gasteiger partial charge in [-0.15, -0.1) is 0 Å². The van der Waals surface area contributed by atoms with E-state index in [0.29, 0.717) is 17.9 Å². The number of rotatable bonds is 8. The van der Waals surface area contributed by atoms with Gasteiger partial charge in [0, 0.05) is 24.8 Å². The van der Waals surface area contributed by atoms with Crippen LogP contribution in [-0.4, -0.2) is 31.8 Å². The maximum absolute atomic E-state index is 12.5. The van der Waals surface area contributed by atoms with Crippen LogP contribution in [0.1, 0.15) is 44.4 Å². The van der Waals surface area contributed by atoms with Crippen molar-refractivity contribution in [1.29, 1.82) is 0 Å². The first-order chi connectivity index (χ1) is 14.0. The Morgan fingerprint density at radius 1 is 1.24 bits per heavy atom. The Hall–Kier alpha value is -2.96. The smallest absolute Gasteiger partial charge is 0.407 e. The normalized spacial score (nSPS) is 18.0. The third-order valence-corrected chi connectivity index (χ3v) is 5.38. The van der Waals surface area contributed by atoms with Gasteiger partial charge in [-0.05, 0) is 49.9 Å². The molecule has 0 saturated heterocycles. The Balaban J connectivity index is 1.55. The van der Waals surface area contributed by atoms with Crippen LogP contribution in [0.3, 0.4) is 0 Å². The standard InChI is InChI=1S/C22H28N2O5/c1-4-24(5-2)16-8-9-18-15(3)19(21(25)29-20(18)13-16)10-12-28-22(26)23-14-17-7-6-11-27-17/h6-9,11,13,15,19H,4-5,10,12,14H2,1-3H3,(H,23,26). The van der Waals surface area contributed by atoms with Gasteiger partial charge in [0.25, 0.3) is 0 Å². The molecule has 2 atom stereocenters. The highest BCUT2D eigenvalue weighted by atomic mass is 16.6. The van der Waals surface area contributed by atoms with Crippen LogP contribution < -0.4 is 15.0 Å². The lowest BCUT2D eigenvalue weighted by Gasteiger charge is -2.31. The van der Waals surface area contributed by atoms with Crippen molar-refractivity contribution in [2.24, 2.45) is 5.92 Å². The SMILES string of the molecule is CCN(CC)c1ccc2c(c1)OC(=O)C(CCOC(=O)NCc1ccco1)C2C. The summed E-state index contributed by atoms with van der Waals surface area (Å²) < 4.78 is 16.0. The van der Waals surface area contributed by atoms with Crippen LogP contribution in [0.25, 0.3) is 0 Å². The molecule has 7 heteroatoms. The van der Waals surface area contributed by atoms with Crippen LogP contribution >= 0.6 is 0 Å². The third-order valence-electron chi connectivity index (χ3n) is 5.38. The topological polar surface area (TPSA) is 81.0 Å². The molecule has 0 spiro atoms. The molecule has 156 valence electrons. The van der Waals surface area contributed by atoms with Crippen molar-refractivity contribution in [2.75, 3.05) is 24.6 Å². The Kier molecular flexibility index (Phi) is 6.80. The Morgan fingerprint density at radius 2 is 2.03 bits per heavy atom. The van der Waals surface area contributed by atoms with Gasteiger partial charge in [0.2, 0.25) is 0 Å². The van der Waals surface area contributed by atoms with Crippen LogP contribution in [0.4, 0.5) is 10.5 Å². The summed E-state index contributed by atoms with van der Waals surface area (Å²) in [5, 5.41) is 2.61. The second-order valence-electron chi connectivity index (χ2n) is 7.07. The molecule has 0 radical (unpaired) electrons. The fourth-order valence-corrected chi connectivity index (χ4v) is 3.65. The Labute approximate surface area is 171 Å². The minimum Gasteiger partial charge on any atom is -0.467 e. The van der Waals surface area contributed by atoms with E-state index in [2.05, 4.69) is 30.1 Å². The van der Waals surface area contributed by atoms with E-state index < -0.39 is 6.09 Å². The van der Waals surface area contributed by atoms with Gasteiger partial charge in [0.15, 0.2) is 0 Å². The maximum atomic E-state index is 12.5. The van der Waals surface area contributed by atoms with Gasteiger partial charge in [-0.1, -0.05) is 13.0 Å². The number of benzene rings is 1. The summed E-state index contributed by atoms with van der Waals surface area (Å²) in [4.78, 5) is 26.6. The van der Waals surface area contributed by atoms with Gasteiger partial charge in [0.1, 0.15) is 11.5 Å². The van der Waals surface area contributed by atoms with Gasteiger partial charge in [-0.3, -0.25) is 4.79 Å². The minimum atomic E-state index is -0.539. The highest BCUT2D eigenvalue weighted by Crippen LogP contribution is 2.40. The lowest BCUT2D eigenvalue weighted by molar-refractivity contribution is -0.141. The average Bonchev–Trinajstić information content (AvgIpc) is 3.23. The van der Waals surface area contributed by atoms with E-state index in [4.69, 9.17) is 13.9 Å². The fraction of sp³-hybridized carbons (Fsp3) is 0.455. The number of furan rings is 1. The summed E-state index contributed by atoms with van der Waals surface area (Å²) in [5.74, 6) is 0.639. The molecule has 2 unspecified atom stereocenters. The molecule has 1 amide bonds. The van der Waals surface area contributed by atoms with Gasteiger partial charge in [-0.25, -0.2) is 4.79 Å². The second-order valence-corrected chi connectivity index (χ2v) is 7.07. The number of carbonyl (C=O) groups is 2. The number of alkyl carbamates (subject to hydrolysis) is 1. The zero-order valence-corrected chi connectivity index (χ0v) is 17.1. The van der Waals surface area contributed by atoms with E-state index in [9.17, 15) is 9.59 Å². The number of carbonyl (C=O) groups excluding carboxylic acids is 2. The van der Waals surface area contributed by atoms with Crippen molar-refractivity contribution in [3.63, 3.8) is 0 Å². The number of amides is 1. The molecular weight excluding hydrogens is 372 g/mol. The van der Waals surface area contributed by atoms with Crippen LogP contribution in [0.5, 0.6) is 5.75 Å². The van der Waals surface area contributed by atoms with Crippen molar-refractivity contribution in [3.8, 4) is 5.75 Å². The van der Waals surface area contributed by atoms with E-state index in [-0.39, 0.29) is 31.0 Å². The highest BCUT2D eigenvalue weighted by molar-refractivity contribution is 5.80. The molecular formula is C22H28N2O5. The predicted octanol–water partition coefficient (Wildman–Crippen LogP) is 4.08. The van der Waals surface area contributed by atoms with Crippen molar-refractivity contribution in [2.45, 2.75) is 39.7 Å². The quantitative estimate of drug-likeness (QED) is 0.531. The van der Waals surface area contributed by atoms with E-state index in [1.165, 1.54) is 0 Å². The van der Waals surface area contributed by atoms with Crippen LogP contribution in [-0.2, 0) is 16.1 Å². The first-order valence-electron chi connectivity index (χ1n) is 10.1. The minimum absolute atomic E-state index is 0.00761. The molecule has 2 heterocycles. The predicted molar refractivity (Wildman–Crippen MR) is 109 cm³/mol. The maximum Gasteiger partial charge on any atom is 0.407 e. The van der Waals surface area contributed by atoms with E-state index in [1.54, 1.807) is 18.4 Å². The third kappa shape index (κ3) is 4.91. The molecule has 1 N–H and O–H groups in total. The number of hydrogen-bond donors (Lipinski definition) is 1. The first kappa shape index (κ1) is 20.8. The molecule has 0 fully saturated rings. The molecule has 0 aliphatic carbocycles. The fourth-order valence-electron chi connectivity index (χ4n) is 3.65. The van der Waals surface area contributed by atoms with E-state index in [1.807, 2.05) is 19.1 Å². The number of hydrogen-bond acceptors (Lipinski definition) is 6. The largest absolute Gasteiger partial charge is 0.467 e. The Bertz CT molecular complexity index is 830. The van der Waals surface area contributed by atoms with Crippen LogP contribution in [0, 0.1) is 5.92 Å². The first-order valence-corrected chi connectivity index (χ1v) is 10.1. The highest BCUT2D eigenvalue weighted by Gasteiger charge is 2.35. The van der Waals surface area contributed by atoms with Crippen molar-refractivity contribution in [1.82, 2.24) is 5.32 Å². The molecule has 1 aliphatic rings. The second kappa shape index (κ2) is 9.49. The van der Waals surface area contributed by atoms with Crippen LogP contribution in [0.2, 0.25) is 0 Å². The average molecular weight is 400 g/mol.